The molecule has 102 valence electrons. The lowest BCUT2D eigenvalue weighted by Gasteiger charge is -2.15. The minimum absolute atomic E-state index is 0.0676. The van der Waals surface area contributed by atoms with Gasteiger partial charge in [0, 0.05) is 32.3 Å². The maximum absolute atomic E-state index is 10.7. The average Bonchev–Trinajstić information content (AvgIpc) is 2.81. The second-order valence-corrected chi connectivity index (χ2v) is 4.29. The molecule has 0 fully saturated rings. The van der Waals surface area contributed by atoms with Crippen LogP contribution >= 0.6 is 0 Å². The Morgan fingerprint density at radius 2 is 2.32 bits per heavy atom. The molecular weight excluding hydrogens is 246 g/mol. The fourth-order valence-electron chi connectivity index (χ4n) is 1.81. The second-order valence-electron chi connectivity index (χ2n) is 4.29. The number of aromatic amines is 1. The number of anilines is 1. The zero-order chi connectivity index (χ0) is 13.8. The normalized spacial score (nSPS) is 10.8. The van der Waals surface area contributed by atoms with E-state index in [1.807, 2.05) is 11.9 Å². The summed E-state index contributed by atoms with van der Waals surface area (Å²) >= 11 is 0. The van der Waals surface area contributed by atoms with E-state index in [0.717, 1.165) is 25.2 Å². The van der Waals surface area contributed by atoms with Crippen molar-refractivity contribution < 1.29 is 4.92 Å². The lowest BCUT2D eigenvalue weighted by Crippen LogP contribution is -2.29. The Kier molecular flexibility index (Phi) is 3.96. The van der Waals surface area contributed by atoms with Gasteiger partial charge < -0.3 is 15.2 Å². The first-order chi connectivity index (χ1) is 9.11. The molecule has 7 nitrogen and oxygen atoms in total. The monoisotopic (exact) mass is 263 g/mol. The number of hydrogen-bond acceptors (Lipinski definition) is 5. The van der Waals surface area contributed by atoms with Gasteiger partial charge in [0.2, 0.25) is 5.95 Å². The van der Waals surface area contributed by atoms with Crippen LogP contribution in [0.25, 0.3) is 11.0 Å². The molecule has 19 heavy (non-hydrogen) atoms. The summed E-state index contributed by atoms with van der Waals surface area (Å²) in [5.74, 6) is 0.716. The third kappa shape index (κ3) is 3.00. The summed E-state index contributed by atoms with van der Waals surface area (Å²) < 4.78 is 0. The van der Waals surface area contributed by atoms with Crippen LogP contribution in [-0.2, 0) is 0 Å². The summed E-state index contributed by atoms with van der Waals surface area (Å²) in [6, 6.07) is 4.63. The second kappa shape index (κ2) is 5.66. The van der Waals surface area contributed by atoms with E-state index >= 15 is 0 Å². The van der Waals surface area contributed by atoms with Gasteiger partial charge in [0.05, 0.1) is 16.0 Å². The van der Waals surface area contributed by atoms with E-state index in [1.54, 1.807) is 6.07 Å². The molecule has 2 aromatic rings. The topological polar surface area (TPSA) is 87.1 Å². The van der Waals surface area contributed by atoms with Crippen molar-refractivity contribution in [1.82, 2.24) is 15.3 Å². The summed E-state index contributed by atoms with van der Waals surface area (Å²) in [7, 11) is 1.93. The summed E-state index contributed by atoms with van der Waals surface area (Å²) in [6.07, 6.45) is 0. The number of H-pyrrole nitrogens is 1. The van der Waals surface area contributed by atoms with Crippen molar-refractivity contribution in [3.63, 3.8) is 0 Å². The van der Waals surface area contributed by atoms with Crippen LogP contribution in [-0.4, -0.2) is 41.6 Å². The number of nitro groups is 1. The minimum atomic E-state index is -0.408. The first kappa shape index (κ1) is 13.3. The predicted molar refractivity (Wildman–Crippen MR) is 74.6 cm³/mol. The summed E-state index contributed by atoms with van der Waals surface area (Å²) in [4.78, 5) is 19.8. The Morgan fingerprint density at radius 3 is 3.00 bits per heavy atom. The molecule has 0 amide bonds. The molecule has 1 aromatic heterocycles. The standard InChI is InChI=1S/C12H17N5O2/c1-3-13-6-7-16(2)12-14-10-5-4-9(17(18)19)8-11(10)15-12/h4-5,8,13H,3,6-7H2,1-2H3,(H,14,15). The molecule has 2 rings (SSSR count). The highest BCUT2D eigenvalue weighted by molar-refractivity contribution is 5.80. The lowest BCUT2D eigenvalue weighted by molar-refractivity contribution is -0.384. The molecule has 0 radical (unpaired) electrons. The Labute approximate surface area is 110 Å². The Hall–Kier alpha value is -2.15. The highest BCUT2D eigenvalue weighted by Crippen LogP contribution is 2.21. The summed E-state index contributed by atoms with van der Waals surface area (Å²) in [5, 5.41) is 13.9. The van der Waals surface area contributed by atoms with Gasteiger partial charge >= 0.3 is 0 Å². The third-order valence-corrected chi connectivity index (χ3v) is 2.90. The number of aromatic nitrogens is 2. The molecule has 0 spiro atoms. The number of imidazole rings is 1. The first-order valence-electron chi connectivity index (χ1n) is 6.18. The van der Waals surface area contributed by atoms with Gasteiger partial charge in [-0.25, -0.2) is 4.98 Å². The zero-order valence-corrected chi connectivity index (χ0v) is 11.0. The molecule has 1 aromatic carbocycles. The van der Waals surface area contributed by atoms with Crippen LogP contribution in [0.15, 0.2) is 18.2 Å². The summed E-state index contributed by atoms with van der Waals surface area (Å²) in [5.41, 5.74) is 1.48. The van der Waals surface area contributed by atoms with E-state index in [1.165, 1.54) is 12.1 Å². The molecule has 0 saturated heterocycles. The van der Waals surface area contributed by atoms with Crippen molar-refractivity contribution in [1.29, 1.82) is 0 Å². The maximum Gasteiger partial charge on any atom is 0.271 e. The van der Waals surface area contributed by atoms with Gasteiger partial charge in [-0.3, -0.25) is 10.1 Å². The lowest BCUT2D eigenvalue weighted by atomic mass is 10.3. The number of benzene rings is 1. The van der Waals surface area contributed by atoms with Gasteiger partial charge in [-0.05, 0) is 12.6 Å². The minimum Gasteiger partial charge on any atom is -0.344 e. The smallest absolute Gasteiger partial charge is 0.271 e. The molecule has 0 aliphatic carbocycles. The molecule has 2 N–H and O–H groups in total. The summed E-state index contributed by atoms with van der Waals surface area (Å²) in [6.45, 7) is 4.67. The van der Waals surface area contributed by atoms with Gasteiger partial charge in [0.1, 0.15) is 0 Å². The highest BCUT2D eigenvalue weighted by Gasteiger charge is 2.11. The van der Waals surface area contributed by atoms with E-state index in [0.29, 0.717) is 11.5 Å². The number of nitro benzene ring substituents is 1. The number of non-ortho nitro benzene ring substituents is 1. The van der Waals surface area contributed by atoms with E-state index in [4.69, 9.17) is 0 Å². The predicted octanol–water partition coefficient (Wildman–Crippen LogP) is 1.52. The number of rotatable bonds is 6. The zero-order valence-electron chi connectivity index (χ0n) is 11.0. The number of fused-ring (bicyclic) bond motifs is 1. The van der Waals surface area contributed by atoms with Gasteiger partial charge in [-0.2, -0.15) is 0 Å². The molecule has 0 atom stereocenters. The Balaban J connectivity index is 2.18. The van der Waals surface area contributed by atoms with E-state index < -0.39 is 4.92 Å². The molecule has 0 unspecified atom stereocenters. The fourth-order valence-corrected chi connectivity index (χ4v) is 1.81. The van der Waals surface area contributed by atoms with Crippen molar-refractivity contribution >= 4 is 22.7 Å². The molecule has 7 heteroatoms. The average molecular weight is 263 g/mol. The van der Waals surface area contributed by atoms with Gasteiger partial charge in [-0.15, -0.1) is 0 Å². The van der Waals surface area contributed by atoms with Crippen molar-refractivity contribution in [2.75, 3.05) is 31.6 Å². The van der Waals surface area contributed by atoms with Gasteiger partial charge in [0.15, 0.2) is 0 Å². The number of hydrogen-bond donors (Lipinski definition) is 2. The fraction of sp³-hybridized carbons (Fsp3) is 0.417. The highest BCUT2D eigenvalue weighted by atomic mass is 16.6. The molecule has 0 aliphatic rings. The number of nitrogens with zero attached hydrogens (tertiary/aromatic N) is 3. The molecule has 0 bridgehead atoms. The first-order valence-corrected chi connectivity index (χ1v) is 6.18. The Bertz CT molecular complexity index is 581. The Morgan fingerprint density at radius 1 is 1.53 bits per heavy atom. The quantitative estimate of drug-likeness (QED) is 0.468. The van der Waals surface area contributed by atoms with Crippen LogP contribution < -0.4 is 10.2 Å². The van der Waals surface area contributed by atoms with Crippen LogP contribution in [0.4, 0.5) is 11.6 Å². The van der Waals surface area contributed by atoms with Crippen molar-refractivity contribution in [3.8, 4) is 0 Å². The molecule has 0 saturated carbocycles. The van der Waals surface area contributed by atoms with Gasteiger partial charge in [-0.1, -0.05) is 6.92 Å². The van der Waals surface area contributed by atoms with Gasteiger partial charge in [0.25, 0.3) is 5.69 Å². The molecule has 0 aliphatic heterocycles. The van der Waals surface area contributed by atoms with Crippen molar-refractivity contribution in [2.45, 2.75) is 6.92 Å². The van der Waals surface area contributed by atoms with E-state index in [2.05, 4.69) is 22.2 Å². The maximum atomic E-state index is 10.7. The van der Waals surface area contributed by atoms with Crippen LogP contribution in [0, 0.1) is 10.1 Å². The van der Waals surface area contributed by atoms with E-state index in [9.17, 15) is 10.1 Å². The van der Waals surface area contributed by atoms with Crippen molar-refractivity contribution in [3.05, 3.63) is 28.3 Å². The molecule has 1 heterocycles. The van der Waals surface area contributed by atoms with Crippen LogP contribution in [0.1, 0.15) is 6.92 Å². The van der Waals surface area contributed by atoms with Crippen molar-refractivity contribution in [2.24, 2.45) is 0 Å². The number of likely N-dealkylation sites (N-methyl/N-ethyl adjacent to an activating group) is 2. The third-order valence-electron chi connectivity index (χ3n) is 2.90. The van der Waals surface area contributed by atoms with Crippen LogP contribution in [0.2, 0.25) is 0 Å². The number of nitrogens with one attached hydrogen (secondary N) is 2. The SMILES string of the molecule is CCNCCN(C)c1nc2ccc([N+](=O)[O-])cc2[nH]1. The largest absolute Gasteiger partial charge is 0.344 e. The molecular formula is C12H17N5O2. The van der Waals surface area contributed by atoms with E-state index in [-0.39, 0.29) is 5.69 Å². The van der Waals surface area contributed by atoms with Crippen LogP contribution in [0.3, 0.4) is 0 Å². The van der Waals surface area contributed by atoms with Crippen LogP contribution in [0.5, 0.6) is 0 Å².